The average molecular weight is 494 g/mol. The zero-order chi connectivity index (χ0) is 23.7. The first-order valence-electron chi connectivity index (χ1n) is 10.5. The average Bonchev–Trinajstić information content (AvgIpc) is 3.22. The van der Waals surface area contributed by atoms with Gasteiger partial charge >= 0.3 is 5.97 Å². The minimum absolute atomic E-state index is 0.0418. The highest BCUT2D eigenvalue weighted by Crippen LogP contribution is 2.37. The van der Waals surface area contributed by atoms with Crippen molar-refractivity contribution in [3.05, 3.63) is 103 Å². The number of hydrogen-bond acceptors (Lipinski definition) is 4. The van der Waals surface area contributed by atoms with Crippen LogP contribution in [0.25, 0.3) is 27.9 Å². The quantitative estimate of drug-likeness (QED) is 0.246. The standard InChI is InChI=1S/C26H18Cl2FN3O2/c27-26(28)11-2-1-3-21(26)25(33)34-16-17-10-14-32-22(15-17)23(18-8-12-30-13-9-18)24(31-32)19-4-6-20(29)7-5-19/h1-15,21H,16H2. The fraction of sp³-hybridized carbons (Fsp3) is 0.115. The van der Waals surface area contributed by atoms with E-state index < -0.39 is 16.2 Å². The predicted octanol–water partition coefficient (Wildman–Crippen LogP) is 6.16. The third-order valence-electron chi connectivity index (χ3n) is 5.57. The number of hydrogen-bond donors (Lipinski definition) is 0. The van der Waals surface area contributed by atoms with Crippen LogP contribution in [0.5, 0.6) is 0 Å². The summed E-state index contributed by atoms with van der Waals surface area (Å²) in [7, 11) is 0. The maximum absolute atomic E-state index is 13.5. The van der Waals surface area contributed by atoms with Gasteiger partial charge in [0.15, 0.2) is 4.33 Å². The molecule has 0 saturated carbocycles. The number of alkyl halides is 2. The van der Waals surface area contributed by atoms with Crippen molar-refractivity contribution in [1.29, 1.82) is 0 Å². The number of fused-ring (bicyclic) bond motifs is 1. The summed E-state index contributed by atoms with van der Waals surface area (Å²) < 4.78 is 19.4. The Bertz CT molecular complexity index is 1410. The Morgan fingerprint density at radius 1 is 1.06 bits per heavy atom. The van der Waals surface area contributed by atoms with Gasteiger partial charge in [-0.2, -0.15) is 5.10 Å². The molecule has 3 heterocycles. The Hall–Kier alpha value is -3.48. The highest BCUT2D eigenvalue weighted by Gasteiger charge is 2.38. The van der Waals surface area contributed by atoms with Gasteiger partial charge in [0, 0.05) is 29.7 Å². The molecule has 34 heavy (non-hydrogen) atoms. The number of halogens is 3. The van der Waals surface area contributed by atoms with Crippen LogP contribution in [0.15, 0.2) is 91.4 Å². The highest BCUT2D eigenvalue weighted by atomic mass is 35.5. The van der Waals surface area contributed by atoms with E-state index in [0.717, 1.165) is 27.8 Å². The number of allylic oxidation sites excluding steroid dienone is 3. The Kier molecular flexibility index (Phi) is 5.94. The second kappa shape index (κ2) is 9.05. The smallest absolute Gasteiger partial charge is 0.316 e. The molecule has 0 N–H and O–H groups in total. The van der Waals surface area contributed by atoms with E-state index in [4.69, 9.17) is 33.0 Å². The number of ether oxygens (including phenoxy) is 1. The zero-order valence-corrected chi connectivity index (χ0v) is 19.2. The molecule has 1 atom stereocenters. The highest BCUT2D eigenvalue weighted by molar-refractivity contribution is 6.51. The van der Waals surface area contributed by atoms with E-state index in [-0.39, 0.29) is 12.4 Å². The van der Waals surface area contributed by atoms with Gasteiger partial charge < -0.3 is 4.74 Å². The molecule has 1 aliphatic rings. The van der Waals surface area contributed by atoms with Crippen molar-refractivity contribution < 1.29 is 13.9 Å². The van der Waals surface area contributed by atoms with Crippen molar-refractivity contribution in [1.82, 2.24) is 14.6 Å². The number of pyridine rings is 2. The molecule has 0 amide bonds. The number of esters is 1. The summed E-state index contributed by atoms with van der Waals surface area (Å²) in [4.78, 5) is 16.7. The van der Waals surface area contributed by atoms with E-state index in [9.17, 15) is 9.18 Å². The molecule has 5 rings (SSSR count). The van der Waals surface area contributed by atoms with Crippen molar-refractivity contribution in [2.45, 2.75) is 10.9 Å². The monoisotopic (exact) mass is 493 g/mol. The molecule has 0 bridgehead atoms. The van der Waals surface area contributed by atoms with Gasteiger partial charge in [-0.3, -0.25) is 9.78 Å². The number of carbonyl (C=O) groups is 1. The van der Waals surface area contributed by atoms with Gasteiger partial charge in [-0.15, -0.1) is 0 Å². The molecule has 1 unspecified atom stereocenters. The maximum atomic E-state index is 13.5. The van der Waals surface area contributed by atoms with Gasteiger partial charge in [-0.1, -0.05) is 41.4 Å². The molecule has 5 nitrogen and oxygen atoms in total. The lowest BCUT2D eigenvalue weighted by Gasteiger charge is -2.24. The van der Waals surface area contributed by atoms with Crippen molar-refractivity contribution >= 4 is 34.7 Å². The van der Waals surface area contributed by atoms with Gasteiger partial charge in [0.1, 0.15) is 24.0 Å². The molecule has 1 aromatic carbocycles. The number of benzene rings is 1. The summed E-state index contributed by atoms with van der Waals surface area (Å²) >= 11 is 12.5. The molecular weight excluding hydrogens is 476 g/mol. The summed E-state index contributed by atoms with van der Waals surface area (Å²) in [5, 5.41) is 4.73. The third kappa shape index (κ3) is 4.34. The summed E-state index contributed by atoms with van der Waals surface area (Å²) in [5.74, 6) is -1.62. The van der Waals surface area contributed by atoms with Crippen molar-refractivity contribution in [3.63, 3.8) is 0 Å². The van der Waals surface area contributed by atoms with Crippen molar-refractivity contribution in [3.8, 4) is 22.4 Å². The lowest BCUT2D eigenvalue weighted by Crippen LogP contribution is -2.32. The molecule has 170 valence electrons. The Morgan fingerprint density at radius 2 is 1.82 bits per heavy atom. The SMILES string of the molecule is O=C(OCc1ccn2nc(-c3ccc(F)cc3)c(-c3ccncc3)c2c1)C1C=CC=CC1(Cl)Cl. The molecule has 0 radical (unpaired) electrons. The van der Waals surface area contributed by atoms with Gasteiger partial charge in [0.2, 0.25) is 0 Å². The molecule has 1 aliphatic carbocycles. The largest absolute Gasteiger partial charge is 0.460 e. The van der Waals surface area contributed by atoms with E-state index in [1.165, 1.54) is 12.1 Å². The van der Waals surface area contributed by atoms with Crippen LogP contribution in [0.4, 0.5) is 4.39 Å². The van der Waals surface area contributed by atoms with Crippen molar-refractivity contribution in [2.75, 3.05) is 0 Å². The topological polar surface area (TPSA) is 56.5 Å². The second-order valence-electron chi connectivity index (χ2n) is 7.84. The summed E-state index contributed by atoms with van der Waals surface area (Å²) in [6, 6.07) is 13.7. The van der Waals surface area contributed by atoms with Crippen LogP contribution in [0.3, 0.4) is 0 Å². The second-order valence-corrected chi connectivity index (χ2v) is 9.28. The van der Waals surface area contributed by atoms with Crippen LogP contribution in [0.1, 0.15) is 5.56 Å². The van der Waals surface area contributed by atoms with Crippen LogP contribution in [0, 0.1) is 11.7 Å². The van der Waals surface area contributed by atoms with E-state index in [0.29, 0.717) is 5.69 Å². The van der Waals surface area contributed by atoms with E-state index in [1.54, 1.807) is 59.5 Å². The molecule has 4 aromatic rings. The summed E-state index contributed by atoms with van der Waals surface area (Å²) in [6.07, 6.45) is 11.8. The normalized spacial score (nSPS) is 16.6. The first-order valence-corrected chi connectivity index (χ1v) is 11.3. The number of nitrogens with zero attached hydrogens (tertiary/aromatic N) is 3. The van der Waals surface area contributed by atoms with Gasteiger partial charge in [0.05, 0.1) is 5.52 Å². The van der Waals surface area contributed by atoms with Gasteiger partial charge in [0.25, 0.3) is 0 Å². The minimum Gasteiger partial charge on any atom is -0.460 e. The first kappa shape index (κ1) is 22.3. The number of carbonyl (C=O) groups excluding carboxylic acids is 1. The van der Waals surface area contributed by atoms with Gasteiger partial charge in [-0.05, 0) is 65.7 Å². The summed E-state index contributed by atoms with van der Waals surface area (Å²) in [6.45, 7) is 0.0418. The number of aromatic nitrogens is 3. The molecular formula is C26H18Cl2FN3O2. The Labute approximate surface area is 205 Å². The first-order chi connectivity index (χ1) is 16.4. The number of rotatable bonds is 5. The Balaban J connectivity index is 1.50. The fourth-order valence-corrected chi connectivity index (χ4v) is 4.33. The molecule has 0 spiro atoms. The van der Waals surface area contributed by atoms with Crippen LogP contribution in [-0.2, 0) is 16.1 Å². The van der Waals surface area contributed by atoms with E-state index >= 15 is 0 Å². The van der Waals surface area contributed by atoms with Crippen LogP contribution in [0.2, 0.25) is 0 Å². The minimum atomic E-state index is -1.35. The summed E-state index contributed by atoms with van der Waals surface area (Å²) in [5.41, 5.74) is 4.83. The van der Waals surface area contributed by atoms with Crippen LogP contribution in [-0.4, -0.2) is 24.9 Å². The molecule has 8 heteroatoms. The zero-order valence-electron chi connectivity index (χ0n) is 17.7. The lowest BCUT2D eigenvalue weighted by molar-refractivity contribution is -0.148. The third-order valence-corrected chi connectivity index (χ3v) is 6.29. The lowest BCUT2D eigenvalue weighted by atomic mass is 10.00. The Morgan fingerprint density at radius 3 is 2.56 bits per heavy atom. The predicted molar refractivity (Wildman–Crippen MR) is 130 cm³/mol. The van der Waals surface area contributed by atoms with E-state index in [2.05, 4.69) is 4.98 Å². The molecule has 0 fully saturated rings. The van der Waals surface area contributed by atoms with Crippen LogP contribution >= 0.6 is 23.2 Å². The molecule has 0 saturated heterocycles. The van der Waals surface area contributed by atoms with E-state index in [1.807, 2.05) is 24.3 Å². The maximum Gasteiger partial charge on any atom is 0.316 e. The molecule has 3 aromatic heterocycles. The van der Waals surface area contributed by atoms with Gasteiger partial charge in [-0.25, -0.2) is 8.91 Å². The molecule has 0 aliphatic heterocycles. The van der Waals surface area contributed by atoms with Crippen molar-refractivity contribution in [2.24, 2.45) is 5.92 Å². The van der Waals surface area contributed by atoms with Crippen LogP contribution < -0.4 is 0 Å². The fourth-order valence-electron chi connectivity index (χ4n) is 3.86.